The molecule has 1 amide bonds. The summed E-state index contributed by atoms with van der Waals surface area (Å²) in [6, 6.07) is 0.487. The Hall–Kier alpha value is -0.570. The van der Waals surface area contributed by atoms with Crippen LogP contribution in [0.15, 0.2) is 0 Å². The van der Waals surface area contributed by atoms with Crippen LogP contribution in [0.5, 0.6) is 0 Å². The molecule has 2 aliphatic rings. The summed E-state index contributed by atoms with van der Waals surface area (Å²) in [5.74, 6) is 1.47. The summed E-state index contributed by atoms with van der Waals surface area (Å²) < 4.78 is 0. The van der Waals surface area contributed by atoms with Crippen molar-refractivity contribution in [3.05, 3.63) is 0 Å². The van der Waals surface area contributed by atoms with Crippen molar-refractivity contribution in [3.63, 3.8) is 0 Å². The summed E-state index contributed by atoms with van der Waals surface area (Å²) in [7, 11) is 0. The molecule has 0 aromatic rings. The lowest BCUT2D eigenvalue weighted by molar-refractivity contribution is -0.134. The van der Waals surface area contributed by atoms with E-state index >= 15 is 0 Å². The largest absolute Gasteiger partial charge is 0.322 e. The van der Waals surface area contributed by atoms with E-state index in [4.69, 9.17) is 0 Å². The number of amides is 1. The predicted molar refractivity (Wildman–Crippen MR) is 64.9 cm³/mol. The first kappa shape index (κ1) is 11.9. The van der Waals surface area contributed by atoms with Gasteiger partial charge in [-0.3, -0.25) is 10.1 Å². The van der Waals surface area contributed by atoms with Crippen LogP contribution in [0.1, 0.15) is 47.5 Å². The fourth-order valence-electron chi connectivity index (χ4n) is 2.66. The Morgan fingerprint density at radius 3 is 2.50 bits per heavy atom. The lowest BCUT2D eigenvalue weighted by Crippen LogP contribution is -2.45. The fraction of sp³-hybridized carbons (Fsp3) is 0.923. The molecule has 3 heteroatoms. The van der Waals surface area contributed by atoms with Crippen molar-refractivity contribution in [2.75, 3.05) is 0 Å². The molecule has 2 rings (SSSR count). The molecule has 1 heterocycles. The van der Waals surface area contributed by atoms with Gasteiger partial charge in [0, 0.05) is 6.04 Å². The van der Waals surface area contributed by atoms with Crippen LogP contribution >= 0.6 is 0 Å². The van der Waals surface area contributed by atoms with Crippen LogP contribution in [0.4, 0.5) is 0 Å². The second-order valence-electron chi connectivity index (χ2n) is 6.01. The van der Waals surface area contributed by atoms with Gasteiger partial charge in [0.15, 0.2) is 0 Å². The molecule has 4 unspecified atom stereocenters. The maximum Gasteiger partial charge on any atom is 0.244 e. The SMILES string of the molecule is CCC1(C)NC(C(C)C)N(C2CC2C)C1=O. The predicted octanol–water partition coefficient (Wildman–Crippen LogP) is 1.98. The van der Waals surface area contributed by atoms with Gasteiger partial charge in [0.2, 0.25) is 5.91 Å². The molecule has 92 valence electrons. The standard InChI is InChI=1S/C13H24N2O/c1-6-13(5)12(16)15(10-7-9(10)4)11(14-13)8(2)3/h8-11,14H,6-7H2,1-5H3. The maximum absolute atomic E-state index is 12.5. The van der Waals surface area contributed by atoms with Gasteiger partial charge in [0.05, 0.1) is 11.7 Å². The van der Waals surface area contributed by atoms with Crippen LogP contribution in [0.3, 0.4) is 0 Å². The van der Waals surface area contributed by atoms with Crippen molar-refractivity contribution >= 4 is 5.91 Å². The van der Waals surface area contributed by atoms with E-state index in [1.807, 2.05) is 6.92 Å². The Bertz CT molecular complexity index is 302. The first-order chi connectivity index (χ1) is 7.40. The van der Waals surface area contributed by atoms with Crippen molar-refractivity contribution in [1.29, 1.82) is 0 Å². The van der Waals surface area contributed by atoms with Crippen molar-refractivity contribution in [3.8, 4) is 0 Å². The van der Waals surface area contributed by atoms with Crippen LogP contribution in [-0.4, -0.2) is 28.6 Å². The van der Waals surface area contributed by atoms with Crippen LogP contribution in [-0.2, 0) is 4.79 Å². The topological polar surface area (TPSA) is 32.3 Å². The fourth-order valence-corrected chi connectivity index (χ4v) is 2.66. The summed E-state index contributed by atoms with van der Waals surface area (Å²) in [6.07, 6.45) is 2.27. The number of nitrogens with one attached hydrogen (secondary N) is 1. The highest BCUT2D eigenvalue weighted by Crippen LogP contribution is 2.41. The summed E-state index contributed by atoms with van der Waals surface area (Å²) in [6.45, 7) is 10.7. The molecule has 0 aromatic carbocycles. The van der Waals surface area contributed by atoms with Gasteiger partial charge in [-0.2, -0.15) is 0 Å². The second-order valence-corrected chi connectivity index (χ2v) is 6.01. The molecule has 0 spiro atoms. The minimum Gasteiger partial charge on any atom is -0.322 e. The average Bonchev–Trinajstić information content (AvgIpc) is 2.86. The number of nitrogens with zero attached hydrogens (tertiary/aromatic N) is 1. The van der Waals surface area contributed by atoms with E-state index in [9.17, 15) is 4.79 Å². The highest BCUT2D eigenvalue weighted by molar-refractivity contribution is 5.89. The Morgan fingerprint density at radius 1 is 1.56 bits per heavy atom. The Labute approximate surface area is 98.6 Å². The first-order valence-electron chi connectivity index (χ1n) is 6.51. The Balaban J connectivity index is 2.23. The molecule has 1 saturated carbocycles. The molecule has 16 heavy (non-hydrogen) atoms. The molecule has 0 bridgehead atoms. The van der Waals surface area contributed by atoms with Gasteiger partial charge in [0.25, 0.3) is 0 Å². The minimum atomic E-state index is -0.336. The molecule has 2 fully saturated rings. The van der Waals surface area contributed by atoms with E-state index in [2.05, 4.69) is 37.9 Å². The van der Waals surface area contributed by atoms with E-state index in [-0.39, 0.29) is 11.7 Å². The summed E-state index contributed by atoms with van der Waals surface area (Å²) in [5.41, 5.74) is -0.336. The highest BCUT2D eigenvalue weighted by Gasteiger charge is 2.54. The molecule has 1 aliphatic heterocycles. The normalized spacial score (nSPS) is 43.2. The molecular formula is C13H24N2O. The average molecular weight is 224 g/mol. The first-order valence-corrected chi connectivity index (χ1v) is 6.51. The maximum atomic E-state index is 12.5. The van der Waals surface area contributed by atoms with E-state index in [1.54, 1.807) is 0 Å². The third kappa shape index (κ3) is 1.65. The van der Waals surface area contributed by atoms with E-state index in [0.29, 0.717) is 23.8 Å². The van der Waals surface area contributed by atoms with Gasteiger partial charge in [-0.1, -0.05) is 27.7 Å². The summed E-state index contributed by atoms with van der Waals surface area (Å²) >= 11 is 0. The third-order valence-corrected chi connectivity index (χ3v) is 4.24. The number of carbonyl (C=O) groups excluding carboxylic acids is 1. The van der Waals surface area contributed by atoms with E-state index < -0.39 is 0 Å². The van der Waals surface area contributed by atoms with Crippen molar-refractivity contribution < 1.29 is 4.79 Å². The number of rotatable bonds is 3. The van der Waals surface area contributed by atoms with Gasteiger partial charge in [-0.25, -0.2) is 0 Å². The minimum absolute atomic E-state index is 0.229. The lowest BCUT2D eigenvalue weighted by atomic mass is 9.99. The van der Waals surface area contributed by atoms with Gasteiger partial charge in [0.1, 0.15) is 0 Å². The van der Waals surface area contributed by atoms with Gasteiger partial charge >= 0.3 is 0 Å². The second kappa shape index (κ2) is 3.73. The zero-order valence-electron chi connectivity index (χ0n) is 11.1. The number of hydrogen-bond donors (Lipinski definition) is 1. The van der Waals surface area contributed by atoms with Crippen LogP contribution in [0, 0.1) is 11.8 Å². The molecule has 0 aromatic heterocycles. The van der Waals surface area contributed by atoms with Crippen LogP contribution in [0.25, 0.3) is 0 Å². The van der Waals surface area contributed by atoms with Gasteiger partial charge in [-0.05, 0) is 31.6 Å². The lowest BCUT2D eigenvalue weighted by Gasteiger charge is -2.27. The molecular weight excluding hydrogens is 200 g/mol. The highest BCUT2D eigenvalue weighted by atomic mass is 16.2. The van der Waals surface area contributed by atoms with E-state index in [0.717, 1.165) is 6.42 Å². The zero-order chi connectivity index (χ0) is 12.1. The quantitative estimate of drug-likeness (QED) is 0.795. The summed E-state index contributed by atoms with van der Waals surface area (Å²) in [5, 5.41) is 3.53. The van der Waals surface area contributed by atoms with Crippen molar-refractivity contribution in [2.45, 2.75) is 65.2 Å². The van der Waals surface area contributed by atoms with E-state index in [1.165, 1.54) is 6.42 Å². The molecule has 4 atom stereocenters. The Morgan fingerprint density at radius 2 is 2.12 bits per heavy atom. The molecule has 0 radical (unpaired) electrons. The van der Waals surface area contributed by atoms with Crippen molar-refractivity contribution in [2.24, 2.45) is 11.8 Å². The molecule has 3 nitrogen and oxygen atoms in total. The van der Waals surface area contributed by atoms with Gasteiger partial charge < -0.3 is 4.90 Å². The van der Waals surface area contributed by atoms with Crippen LogP contribution < -0.4 is 5.32 Å². The number of carbonyl (C=O) groups is 1. The summed E-state index contributed by atoms with van der Waals surface area (Å²) in [4.78, 5) is 14.6. The van der Waals surface area contributed by atoms with Gasteiger partial charge in [-0.15, -0.1) is 0 Å². The molecule has 1 N–H and O–H groups in total. The Kier molecular flexibility index (Phi) is 2.77. The number of hydrogen-bond acceptors (Lipinski definition) is 2. The molecule has 1 saturated heterocycles. The zero-order valence-corrected chi connectivity index (χ0v) is 11.1. The van der Waals surface area contributed by atoms with Crippen LogP contribution in [0.2, 0.25) is 0 Å². The molecule has 1 aliphatic carbocycles. The smallest absolute Gasteiger partial charge is 0.244 e. The monoisotopic (exact) mass is 224 g/mol. The third-order valence-electron chi connectivity index (χ3n) is 4.24. The van der Waals surface area contributed by atoms with Crippen molar-refractivity contribution in [1.82, 2.24) is 10.2 Å².